The molecule has 0 aliphatic heterocycles. The van der Waals surface area contributed by atoms with E-state index in [4.69, 9.17) is 15.0 Å². The molecule has 0 spiro atoms. The summed E-state index contributed by atoms with van der Waals surface area (Å²) in [6.07, 6.45) is 0. The molecule has 0 bridgehead atoms. The predicted molar refractivity (Wildman–Crippen MR) is 209 cm³/mol. The van der Waals surface area contributed by atoms with E-state index in [-0.39, 0.29) is 0 Å². The van der Waals surface area contributed by atoms with Gasteiger partial charge in [0.25, 0.3) is 0 Å². The number of hydrogen-bond acceptors (Lipinski definition) is 4. The van der Waals surface area contributed by atoms with Gasteiger partial charge >= 0.3 is 0 Å². The van der Waals surface area contributed by atoms with Crippen molar-refractivity contribution in [2.45, 2.75) is 0 Å². The number of aromatic nitrogens is 4. The van der Waals surface area contributed by atoms with Crippen molar-refractivity contribution in [2.75, 3.05) is 0 Å². The van der Waals surface area contributed by atoms with E-state index < -0.39 is 0 Å². The Hall–Kier alpha value is -6.43. The fraction of sp³-hybridized carbons (Fsp3) is 0. The minimum Gasteiger partial charge on any atom is -0.309 e. The van der Waals surface area contributed by atoms with Crippen LogP contribution in [0.4, 0.5) is 0 Å². The van der Waals surface area contributed by atoms with Gasteiger partial charge in [0.15, 0.2) is 17.5 Å². The molecule has 0 aliphatic carbocycles. The zero-order valence-electron chi connectivity index (χ0n) is 26.9. The molecule has 0 aliphatic rings. The zero-order chi connectivity index (χ0) is 33.0. The van der Waals surface area contributed by atoms with Crippen molar-refractivity contribution in [2.24, 2.45) is 0 Å². The van der Waals surface area contributed by atoms with E-state index in [0.29, 0.717) is 17.5 Å². The molecule has 0 saturated heterocycles. The SMILES string of the molecule is c1ccc(-c2nc(-c3cccc(-c4ccc5c(c4)sc4ccccc45)c3)nc(-c3cccc4c3c3ccccc3n4-c3ccccc3)n2)cc1. The van der Waals surface area contributed by atoms with Gasteiger partial charge in [0.1, 0.15) is 0 Å². The van der Waals surface area contributed by atoms with Crippen LogP contribution in [0.2, 0.25) is 0 Å². The highest BCUT2D eigenvalue weighted by atomic mass is 32.1. The van der Waals surface area contributed by atoms with Crippen LogP contribution in [0.15, 0.2) is 170 Å². The van der Waals surface area contributed by atoms with Crippen LogP contribution in [0.25, 0.3) is 93.0 Å². The Kier molecular flexibility index (Phi) is 6.64. The van der Waals surface area contributed by atoms with Gasteiger partial charge in [-0.1, -0.05) is 127 Å². The van der Waals surface area contributed by atoms with E-state index >= 15 is 0 Å². The third kappa shape index (κ3) is 4.71. The summed E-state index contributed by atoms with van der Waals surface area (Å²) in [6, 6.07) is 59.6. The molecule has 0 saturated carbocycles. The van der Waals surface area contributed by atoms with Gasteiger partial charge in [-0.2, -0.15) is 0 Å². The average molecular weight is 657 g/mol. The topological polar surface area (TPSA) is 43.6 Å². The standard InChI is InChI=1S/C45H28N4S/c1-3-13-29(14-4-1)43-46-44(32-16-11-15-30(27-32)31-25-26-35-34-19-8-10-24-40(34)50-41(35)28-31)48-45(47-43)37-21-12-23-39-42(37)36-20-7-9-22-38(36)49(39)33-17-5-2-6-18-33/h1-28H. The second-order valence-corrected chi connectivity index (χ2v) is 13.5. The molecule has 7 aromatic carbocycles. The lowest BCUT2D eigenvalue weighted by molar-refractivity contribution is 1.08. The van der Waals surface area contributed by atoms with Crippen LogP contribution in [-0.2, 0) is 0 Å². The molecule has 0 N–H and O–H groups in total. The lowest BCUT2D eigenvalue weighted by Gasteiger charge is -2.11. The maximum atomic E-state index is 5.22. The van der Waals surface area contributed by atoms with E-state index in [9.17, 15) is 0 Å². The van der Waals surface area contributed by atoms with Gasteiger partial charge in [0.05, 0.1) is 11.0 Å². The molecule has 50 heavy (non-hydrogen) atoms. The van der Waals surface area contributed by atoms with E-state index in [1.165, 1.54) is 25.7 Å². The molecule has 4 nitrogen and oxygen atoms in total. The molecule has 0 fully saturated rings. The first kappa shape index (κ1) is 28.6. The monoisotopic (exact) mass is 656 g/mol. The van der Waals surface area contributed by atoms with Crippen molar-refractivity contribution < 1.29 is 0 Å². The molecule has 10 aromatic rings. The van der Waals surface area contributed by atoms with Crippen LogP contribution in [0.1, 0.15) is 0 Å². The third-order valence-electron chi connectivity index (χ3n) is 9.45. The van der Waals surface area contributed by atoms with Crippen LogP contribution in [0.5, 0.6) is 0 Å². The lowest BCUT2D eigenvalue weighted by Crippen LogP contribution is -2.00. The Morgan fingerprint density at radius 2 is 0.980 bits per heavy atom. The number of para-hydroxylation sites is 2. The Labute approximate surface area is 292 Å². The quantitative estimate of drug-likeness (QED) is 0.185. The first-order valence-corrected chi connectivity index (χ1v) is 17.5. The lowest BCUT2D eigenvalue weighted by atomic mass is 10.0. The van der Waals surface area contributed by atoms with Crippen LogP contribution in [-0.4, -0.2) is 19.5 Å². The van der Waals surface area contributed by atoms with Crippen LogP contribution in [0, 0.1) is 0 Å². The highest BCUT2D eigenvalue weighted by Gasteiger charge is 2.19. The maximum absolute atomic E-state index is 5.22. The van der Waals surface area contributed by atoms with Gasteiger partial charge < -0.3 is 4.57 Å². The van der Waals surface area contributed by atoms with Crippen LogP contribution in [0.3, 0.4) is 0 Å². The van der Waals surface area contributed by atoms with Crippen molar-refractivity contribution in [3.63, 3.8) is 0 Å². The molecular weight excluding hydrogens is 629 g/mol. The van der Waals surface area contributed by atoms with Crippen molar-refractivity contribution in [1.82, 2.24) is 19.5 Å². The number of hydrogen-bond donors (Lipinski definition) is 0. The largest absolute Gasteiger partial charge is 0.309 e. The van der Waals surface area contributed by atoms with Gasteiger partial charge in [-0.3, -0.25) is 0 Å². The minimum atomic E-state index is 0.641. The number of benzene rings is 7. The summed E-state index contributed by atoms with van der Waals surface area (Å²) in [7, 11) is 0. The smallest absolute Gasteiger partial charge is 0.164 e. The number of nitrogens with zero attached hydrogens (tertiary/aromatic N) is 4. The van der Waals surface area contributed by atoms with Crippen LogP contribution >= 0.6 is 11.3 Å². The summed E-state index contributed by atoms with van der Waals surface area (Å²) in [4.78, 5) is 15.4. The van der Waals surface area contributed by atoms with Gasteiger partial charge in [-0.15, -0.1) is 11.3 Å². The summed E-state index contributed by atoms with van der Waals surface area (Å²) in [5.74, 6) is 1.93. The van der Waals surface area contributed by atoms with Gasteiger partial charge in [-0.25, -0.2) is 15.0 Å². The first-order valence-electron chi connectivity index (χ1n) is 16.7. The highest BCUT2D eigenvalue weighted by molar-refractivity contribution is 7.25. The second-order valence-electron chi connectivity index (χ2n) is 12.5. The van der Waals surface area contributed by atoms with E-state index in [1.807, 2.05) is 29.5 Å². The number of thiophene rings is 1. The number of fused-ring (bicyclic) bond motifs is 6. The Bertz CT molecular complexity index is 2870. The fourth-order valence-electron chi connectivity index (χ4n) is 7.15. The van der Waals surface area contributed by atoms with Crippen molar-refractivity contribution in [3.8, 4) is 51.0 Å². The molecule has 234 valence electrons. The van der Waals surface area contributed by atoms with E-state index in [0.717, 1.165) is 49.7 Å². The molecule has 3 heterocycles. The number of rotatable bonds is 5. The normalized spacial score (nSPS) is 11.6. The van der Waals surface area contributed by atoms with E-state index in [1.54, 1.807) is 0 Å². The summed E-state index contributed by atoms with van der Waals surface area (Å²) < 4.78 is 4.91. The Morgan fingerprint density at radius 1 is 0.380 bits per heavy atom. The highest BCUT2D eigenvalue weighted by Crippen LogP contribution is 2.39. The summed E-state index contributed by atoms with van der Waals surface area (Å²) in [5.41, 5.74) is 8.52. The van der Waals surface area contributed by atoms with Crippen molar-refractivity contribution in [1.29, 1.82) is 0 Å². The predicted octanol–water partition coefficient (Wildman–Crippen LogP) is 12.0. The van der Waals surface area contributed by atoms with Crippen molar-refractivity contribution in [3.05, 3.63) is 170 Å². The zero-order valence-corrected chi connectivity index (χ0v) is 27.7. The minimum absolute atomic E-state index is 0.641. The molecule has 0 atom stereocenters. The fourth-order valence-corrected chi connectivity index (χ4v) is 8.29. The second kappa shape index (κ2) is 11.6. The molecule has 0 amide bonds. The van der Waals surface area contributed by atoms with Crippen molar-refractivity contribution >= 4 is 53.3 Å². The molecular formula is C45H28N4S. The maximum Gasteiger partial charge on any atom is 0.164 e. The Morgan fingerprint density at radius 3 is 1.84 bits per heavy atom. The third-order valence-corrected chi connectivity index (χ3v) is 10.6. The first-order chi connectivity index (χ1) is 24.8. The molecule has 3 aromatic heterocycles. The Balaban J connectivity index is 1.17. The van der Waals surface area contributed by atoms with Crippen LogP contribution < -0.4 is 0 Å². The molecule has 5 heteroatoms. The molecule has 0 unspecified atom stereocenters. The summed E-state index contributed by atoms with van der Waals surface area (Å²) >= 11 is 1.84. The summed E-state index contributed by atoms with van der Waals surface area (Å²) in [5, 5.41) is 4.88. The average Bonchev–Trinajstić information content (AvgIpc) is 3.74. The van der Waals surface area contributed by atoms with Gasteiger partial charge in [-0.05, 0) is 53.6 Å². The van der Waals surface area contributed by atoms with Gasteiger partial charge in [0.2, 0.25) is 0 Å². The van der Waals surface area contributed by atoms with E-state index in [2.05, 4.69) is 156 Å². The van der Waals surface area contributed by atoms with Gasteiger partial charge in [0, 0.05) is 53.3 Å². The molecule has 0 radical (unpaired) electrons. The molecule has 10 rings (SSSR count). The summed E-state index contributed by atoms with van der Waals surface area (Å²) in [6.45, 7) is 0.